The van der Waals surface area contributed by atoms with E-state index in [2.05, 4.69) is 0 Å². The fraction of sp³-hybridized carbons (Fsp3) is 0.417. The number of hydrogen-bond acceptors (Lipinski definition) is 5. The Kier molecular flexibility index (Phi) is 5.08. The minimum Gasteiger partial charge on any atom is -0.496 e. The topological polar surface area (TPSA) is 113 Å². The number of methoxy groups -OCH3 is 1. The molecule has 2 unspecified atom stereocenters. The zero-order chi connectivity index (χ0) is 13.7. The van der Waals surface area contributed by atoms with Crippen LogP contribution >= 0.6 is 0 Å². The normalized spacial score (nSPS) is 14.0. The number of ether oxygens (including phenoxy) is 1. The maximum absolute atomic E-state index is 10.7. The quantitative estimate of drug-likeness (QED) is 0.554. The van der Waals surface area contributed by atoms with Gasteiger partial charge in [-0.15, -0.1) is 0 Å². The van der Waals surface area contributed by atoms with E-state index in [0.29, 0.717) is 16.9 Å². The average Bonchev–Trinajstić information content (AvgIpc) is 2.36. The van der Waals surface area contributed by atoms with Crippen LogP contribution in [0.5, 0.6) is 5.75 Å². The van der Waals surface area contributed by atoms with E-state index in [0.717, 1.165) is 0 Å². The number of carbonyl (C=O) groups is 1. The lowest BCUT2D eigenvalue weighted by Gasteiger charge is -2.18. The first-order chi connectivity index (χ1) is 8.49. The van der Waals surface area contributed by atoms with Gasteiger partial charge < -0.3 is 25.8 Å². The Hall–Kier alpha value is -1.63. The fourth-order valence-electron chi connectivity index (χ4n) is 1.63. The fourth-order valence-corrected chi connectivity index (χ4v) is 1.63. The number of carboxylic acid groups (broad SMARTS) is 1. The van der Waals surface area contributed by atoms with Crippen LogP contribution in [-0.4, -0.2) is 41.0 Å². The van der Waals surface area contributed by atoms with Gasteiger partial charge in [0.05, 0.1) is 19.6 Å². The summed E-state index contributed by atoms with van der Waals surface area (Å²) < 4.78 is 5.04. The Morgan fingerprint density at radius 3 is 2.61 bits per heavy atom. The molecular formula is C12H17NO5. The summed E-state index contributed by atoms with van der Waals surface area (Å²) in [7, 11) is 1.44. The van der Waals surface area contributed by atoms with E-state index < -0.39 is 18.2 Å². The number of aliphatic hydroxyl groups is 2. The molecule has 6 nitrogen and oxygen atoms in total. The van der Waals surface area contributed by atoms with E-state index in [4.69, 9.17) is 15.6 Å². The zero-order valence-corrected chi connectivity index (χ0v) is 10.0. The molecule has 0 radical (unpaired) electrons. The van der Waals surface area contributed by atoms with Crippen LogP contribution in [0.15, 0.2) is 18.2 Å². The lowest BCUT2D eigenvalue weighted by molar-refractivity contribution is -0.136. The van der Waals surface area contributed by atoms with E-state index >= 15 is 0 Å². The molecule has 0 amide bonds. The summed E-state index contributed by atoms with van der Waals surface area (Å²) >= 11 is 0. The Bertz CT molecular complexity index is 421. The summed E-state index contributed by atoms with van der Waals surface area (Å²) in [5.74, 6) is -0.574. The van der Waals surface area contributed by atoms with Crippen LogP contribution in [0.1, 0.15) is 17.2 Å². The molecule has 100 valence electrons. The monoisotopic (exact) mass is 255 g/mol. The van der Waals surface area contributed by atoms with Crippen molar-refractivity contribution in [2.45, 2.75) is 18.6 Å². The molecule has 1 rings (SSSR count). The highest BCUT2D eigenvalue weighted by Gasteiger charge is 2.18. The van der Waals surface area contributed by atoms with Gasteiger partial charge in [0, 0.05) is 12.1 Å². The van der Waals surface area contributed by atoms with Gasteiger partial charge in [0.1, 0.15) is 11.9 Å². The molecule has 0 bridgehead atoms. The number of aliphatic hydroxyl groups excluding tert-OH is 2. The molecule has 0 spiro atoms. The van der Waals surface area contributed by atoms with E-state index in [9.17, 15) is 15.0 Å². The third-order valence-corrected chi connectivity index (χ3v) is 2.59. The first-order valence-electron chi connectivity index (χ1n) is 5.44. The average molecular weight is 255 g/mol. The molecule has 0 heterocycles. The molecule has 0 saturated heterocycles. The summed E-state index contributed by atoms with van der Waals surface area (Å²) in [5, 5.41) is 28.0. The number of hydrogen-bond donors (Lipinski definition) is 4. The van der Waals surface area contributed by atoms with Crippen molar-refractivity contribution in [3.8, 4) is 5.75 Å². The predicted octanol–water partition coefficient (Wildman–Crippen LogP) is -0.325. The highest BCUT2D eigenvalue weighted by Crippen LogP contribution is 2.25. The van der Waals surface area contributed by atoms with Crippen molar-refractivity contribution in [2.24, 2.45) is 5.73 Å². The Morgan fingerprint density at radius 1 is 1.44 bits per heavy atom. The standard InChI is InChI=1S/C12H17NO5/c1-18-10-3-2-7(12(17)9(14)6-13)4-8(10)5-11(15)16/h2-4,9,12,14,17H,5-6,13H2,1H3,(H,15,16). The van der Waals surface area contributed by atoms with E-state index in [1.165, 1.54) is 13.2 Å². The molecule has 0 aliphatic heterocycles. The highest BCUT2D eigenvalue weighted by atomic mass is 16.5. The van der Waals surface area contributed by atoms with Crippen molar-refractivity contribution >= 4 is 5.97 Å². The second-order valence-corrected chi connectivity index (χ2v) is 3.89. The maximum Gasteiger partial charge on any atom is 0.307 e. The van der Waals surface area contributed by atoms with Gasteiger partial charge in [-0.05, 0) is 17.7 Å². The van der Waals surface area contributed by atoms with Crippen molar-refractivity contribution < 1.29 is 24.9 Å². The summed E-state index contributed by atoms with van der Waals surface area (Å²) in [6.07, 6.45) is -2.45. The van der Waals surface area contributed by atoms with Crippen molar-refractivity contribution in [3.05, 3.63) is 29.3 Å². The van der Waals surface area contributed by atoms with Crippen LogP contribution in [0.2, 0.25) is 0 Å². The molecule has 0 aromatic heterocycles. The first-order valence-corrected chi connectivity index (χ1v) is 5.44. The molecule has 18 heavy (non-hydrogen) atoms. The van der Waals surface area contributed by atoms with Crippen molar-refractivity contribution in [1.82, 2.24) is 0 Å². The Morgan fingerprint density at radius 2 is 2.11 bits per heavy atom. The van der Waals surface area contributed by atoms with Gasteiger partial charge in [0.25, 0.3) is 0 Å². The number of benzene rings is 1. The Labute approximate surface area is 105 Å². The van der Waals surface area contributed by atoms with Crippen LogP contribution in [0, 0.1) is 0 Å². The van der Waals surface area contributed by atoms with Gasteiger partial charge in [0.15, 0.2) is 0 Å². The molecule has 6 heteroatoms. The maximum atomic E-state index is 10.7. The third kappa shape index (κ3) is 3.43. The molecule has 0 aliphatic rings. The first kappa shape index (κ1) is 14.4. The second-order valence-electron chi connectivity index (χ2n) is 3.89. The smallest absolute Gasteiger partial charge is 0.307 e. The minimum atomic E-state index is -1.14. The van der Waals surface area contributed by atoms with Gasteiger partial charge in [0.2, 0.25) is 0 Å². The predicted molar refractivity (Wildman–Crippen MR) is 64.4 cm³/mol. The summed E-state index contributed by atoms with van der Waals surface area (Å²) in [5.41, 5.74) is 6.10. The van der Waals surface area contributed by atoms with E-state index in [1.807, 2.05) is 0 Å². The summed E-state index contributed by atoms with van der Waals surface area (Å²) in [4.78, 5) is 10.7. The van der Waals surface area contributed by atoms with Gasteiger partial charge in [-0.2, -0.15) is 0 Å². The summed E-state index contributed by atoms with van der Waals surface area (Å²) in [6.45, 7) is -0.0819. The van der Waals surface area contributed by atoms with Crippen LogP contribution in [-0.2, 0) is 11.2 Å². The van der Waals surface area contributed by atoms with Gasteiger partial charge in [-0.25, -0.2) is 0 Å². The molecule has 1 aromatic carbocycles. The Balaban J connectivity index is 3.05. The minimum absolute atomic E-state index is 0.0819. The molecular weight excluding hydrogens is 238 g/mol. The summed E-state index contributed by atoms with van der Waals surface area (Å²) in [6, 6.07) is 4.62. The molecule has 0 saturated carbocycles. The van der Waals surface area contributed by atoms with Crippen LogP contribution in [0.4, 0.5) is 0 Å². The van der Waals surface area contributed by atoms with Gasteiger partial charge in [-0.3, -0.25) is 4.79 Å². The van der Waals surface area contributed by atoms with Crippen molar-refractivity contribution in [2.75, 3.05) is 13.7 Å². The van der Waals surface area contributed by atoms with E-state index in [1.54, 1.807) is 12.1 Å². The molecule has 0 fully saturated rings. The lowest BCUT2D eigenvalue weighted by atomic mass is 10.00. The van der Waals surface area contributed by atoms with Gasteiger partial charge in [-0.1, -0.05) is 6.07 Å². The SMILES string of the molecule is COc1ccc(C(O)C(O)CN)cc1CC(=O)O. The third-order valence-electron chi connectivity index (χ3n) is 2.59. The van der Waals surface area contributed by atoms with E-state index in [-0.39, 0.29) is 13.0 Å². The number of carboxylic acids is 1. The highest BCUT2D eigenvalue weighted by molar-refractivity contribution is 5.71. The number of rotatable bonds is 6. The molecule has 2 atom stereocenters. The molecule has 0 aliphatic carbocycles. The van der Waals surface area contributed by atoms with Crippen LogP contribution in [0.25, 0.3) is 0 Å². The lowest BCUT2D eigenvalue weighted by Crippen LogP contribution is -2.27. The second kappa shape index (κ2) is 6.34. The van der Waals surface area contributed by atoms with Crippen molar-refractivity contribution in [3.63, 3.8) is 0 Å². The number of nitrogens with two attached hydrogens (primary N) is 1. The molecule has 5 N–H and O–H groups in total. The number of aliphatic carboxylic acids is 1. The largest absolute Gasteiger partial charge is 0.496 e. The van der Waals surface area contributed by atoms with Crippen LogP contribution in [0.3, 0.4) is 0 Å². The van der Waals surface area contributed by atoms with Crippen LogP contribution < -0.4 is 10.5 Å². The zero-order valence-electron chi connectivity index (χ0n) is 10.0. The molecule has 1 aromatic rings. The van der Waals surface area contributed by atoms with Crippen molar-refractivity contribution in [1.29, 1.82) is 0 Å². The van der Waals surface area contributed by atoms with Gasteiger partial charge >= 0.3 is 5.97 Å².